The van der Waals surface area contributed by atoms with E-state index < -0.39 is 0 Å². The molecule has 0 bridgehead atoms. The summed E-state index contributed by atoms with van der Waals surface area (Å²) in [6, 6.07) is 7.35. The van der Waals surface area contributed by atoms with Crippen molar-refractivity contribution in [3.63, 3.8) is 0 Å². The van der Waals surface area contributed by atoms with Gasteiger partial charge < -0.3 is 9.80 Å². The molecule has 0 heterocycles. The molecule has 5 heteroatoms. The molecule has 0 aliphatic carbocycles. The maximum atomic E-state index is 12.1. The highest BCUT2D eigenvalue weighted by Crippen LogP contribution is 2.17. The van der Waals surface area contributed by atoms with Crippen LogP contribution >= 0.6 is 11.6 Å². The number of halogens is 1. The van der Waals surface area contributed by atoms with Gasteiger partial charge >= 0.3 is 0 Å². The monoisotopic (exact) mass is 296 g/mol. The number of carbonyl (C=O) groups excluding carboxylic acids is 2. The molecule has 4 nitrogen and oxygen atoms in total. The molecule has 0 saturated heterocycles. The maximum absolute atomic E-state index is 12.1. The normalized spacial score (nSPS) is 10.2. The Balaban J connectivity index is 2.78. The third-order valence-electron chi connectivity index (χ3n) is 3.21. The van der Waals surface area contributed by atoms with Crippen LogP contribution in [0.4, 0.5) is 0 Å². The van der Waals surface area contributed by atoms with Gasteiger partial charge in [0.15, 0.2) is 0 Å². The van der Waals surface area contributed by atoms with Gasteiger partial charge in [0, 0.05) is 31.6 Å². The van der Waals surface area contributed by atoms with Gasteiger partial charge in [-0.15, -0.1) is 0 Å². The molecule has 110 valence electrons. The summed E-state index contributed by atoms with van der Waals surface area (Å²) in [5.74, 6) is -0.178. The second-order valence-corrected chi connectivity index (χ2v) is 4.94. The Kier molecular flexibility index (Phi) is 6.52. The summed E-state index contributed by atoms with van der Waals surface area (Å²) in [6.07, 6.45) is 0. The minimum Gasteiger partial charge on any atom is -0.342 e. The standard InChI is InChI=1S/C15H21ClN2O2/c1-4-17(5-2)15(20)11-18(12(3)19)10-13-8-6-7-9-14(13)16/h6-9H,4-5,10-11H2,1-3H3. The first kappa shape index (κ1) is 16.5. The third kappa shape index (κ3) is 4.53. The van der Waals surface area contributed by atoms with E-state index in [0.29, 0.717) is 24.7 Å². The van der Waals surface area contributed by atoms with Crippen molar-refractivity contribution >= 4 is 23.4 Å². The van der Waals surface area contributed by atoms with Crippen LogP contribution < -0.4 is 0 Å². The lowest BCUT2D eigenvalue weighted by molar-refractivity contribution is -0.139. The van der Waals surface area contributed by atoms with Crippen molar-refractivity contribution in [3.05, 3.63) is 34.9 Å². The lowest BCUT2D eigenvalue weighted by Gasteiger charge is -2.25. The number of hydrogen-bond donors (Lipinski definition) is 0. The molecule has 0 aliphatic heterocycles. The van der Waals surface area contributed by atoms with Gasteiger partial charge in [-0.1, -0.05) is 29.8 Å². The van der Waals surface area contributed by atoms with Crippen LogP contribution in [-0.4, -0.2) is 41.2 Å². The summed E-state index contributed by atoms with van der Waals surface area (Å²) in [6.45, 7) is 7.04. The first-order valence-corrected chi connectivity index (χ1v) is 7.14. The van der Waals surface area contributed by atoms with Crippen LogP contribution in [0.25, 0.3) is 0 Å². The minimum absolute atomic E-state index is 0.0442. The Labute approximate surface area is 125 Å². The van der Waals surface area contributed by atoms with E-state index in [9.17, 15) is 9.59 Å². The van der Waals surface area contributed by atoms with E-state index in [1.165, 1.54) is 11.8 Å². The van der Waals surface area contributed by atoms with E-state index >= 15 is 0 Å². The van der Waals surface area contributed by atoms with Gasteiger partial charge in [0.2, 0.25) is 11.8 Å². The summed E-state index contributed by atoms with van der Waals surface area (Å²) < 4.78 is 0. The Bertz CT molecular complexity index is 473. The Morgan fingerprint density at radius 1 is 1.10 bits per heavy atom. The second kappa shape index (κ2) is 7.90. The van der Waals surface area contributed by atoms with E-state index in [1.54, 1.807) is 11.0 Å². The van der Waals surface area contributed by atoms with E-state index in [2.05, 4.69) is 0 Å². The number of carbonyl (C=O) groups is 2. The highest BCUT2D eigenvalue weighted by Gasteiger charge is 2.18. The van der Waals surface area contributed by atoms with Crippen molar-refractivity contribution in [1.82, 2.24) is 9.80 Å². The molecule has 1 aromatic carbocycles. The fourth-order valence-electron chi connectivity index (χ4n) is 1.95. The number of likely N-dealkylation sites (N-methyl/N-ethyl adjacent to an activating group) is 1. The molecule has 0 saturated carbocycles. The predicted octanol–water partition coefficient (Wildman–Crippen LogP) is 2.56. The zero-order valence-electron chi connectivity index (χ0n) is 12.2. The molecular formula is C15H21ClN2O2. The molecule has 0 radical (unpaired) electrons. The van der Waals surface area contributed by atoms with Gasteiger partial charge in [-0.05, 0) is 25.5 Å². The van der Waals surface area contributed by atoms with Crippen molar-refractivity contribution in [2.75, 3.05) is 19.6 Å². The quantitative estimate of drug-likeness (QED) is 0.809. The van der Waals surface area contributed by atoms with Gasteiger partial charge in [-0.25, -0.2) is 0 Å². The number of benzene rings is 1. The number of amides is 2. The van der Waals surface area contributed by atoms with Crippen LogP contribution in [0.2, 0.25) is 5.02 Å². The van der Waals surface area contributed by atoms with Crippen LogP contribution in [-0.2, 0) is 16.1 Å². The summed E-state index contributed by atoms with van der Waals surface area (Å²) in [5.41, 5.74) is 0.844. The van der Waals surface area contributed by atoms with Crippen molar-refractivity contribution in [3.8, 4) is 0 Å². The van der Waals surface area contributed by atoms with Gasteiger partial charge in [0.05, 0.1) is 0 Å². The van der Waals surface area contributed by atoms with E-state index in [0.717, 1.165) is 5.56 Å². The van der Waals surface area contributed by atoms with Gasteiger partial charge in [0.25, 0.3) is 0 Å². The Hall–Kier alpha value is -1.55. The summed E-state index contributed by atoms with van der Waals surface area (Å²) in [5, 5.41) is 0.606. The summed E-state index contributed by atoms with van der Waals surface area (Å²) in [4.78, 5) is 27.0. The van der Waals surface area contributed by atoms with Crippen molar-refractivity contribution in [2.45, 2.75) is 27.3 Å². The number of rotatable bonds is 6. The second-order valence-electron chi connectivity index (χ2n) is 4.53. The average molecular weight is 297 g/mol. The molecule has 0 fully saturated rings. The maximum Gasteiger partial charge on any atom is 0.242 e. The molecule has 0 spiro atoms. The number of nitrogens with zero attached hydrogens (tertiary/aromatic N) is 2. The SMILES string of the molecule is CCN(CC)C(=O)CN(Cc1ccccc1Cl)C(C)=O. The molecule has 20 heavy (non-hydrogen) atoms. The van der Waals surface area contributed by atoms with Crippen molar-refractivity contribution in [1.29, 1.82) is 0 Å². The highest BCUT2D eigenvalue weighted by atomic mass is 35.5. The Morgan fingerprint density at radius 3 is 2.20 bits per heavy atom. The molecule has 0 unspecified atom stereocenters. The van der Waals surface area contributed by atoms with Gasteiger partial charge in [0.1, 0.15) is 6.54 Å². The lowest BCUT2D eigenvalue weighted by Crippen LogP contribution is -2.41. The van der Waals surface area contributed by atoms with Crippen LogP contribution in [0.5, 0.6) is 0 Å². The van der Waals surface area contributed by atoms with Crippen LogP contribution in [0.15, 0.2) is 24.3 Å². The van der Waals surface area contributed by atoms with E-state index in [-0.39, 0.29) is 18.4 Å². The summed E-state index contributed by atoms with van der Waals surface area (Å²) >= 11 is 6.09. The molecule has 2 amide bonds. The fourth-order valence-corrected chi connectivity index (χ4v) is 2.15. The van der Waals surface area contributed by atoms with Gasteiger partial charge in [-0.2, -0.15) is 0 Å². The average Bonchev–Trinajstić information content (AvgIpc) is 2.41. The molecule has 1 rings (SSSR count). The lowest BCUT2D eigenvalue weighted by atomic mass is 10.2. The molecule has 1 aromatic rings. The van der Waals surface area contributed by atoms with E-state index in [4.69, 9.17) is 11.6 Å². The highest BCUT2D eigenvalue weighted by molar-refractivity contribution is 6.31. The predicted molar refractivity (Wildman–Crippen MR) is 80.5 cm³/mol. The molecule has 0 aliphatic rings. The largest absolute Gasteiger partial charge is 0.342 e. The molecule has 0 aromatic heterocycles. The number of hydrogen-bond acceptors (Lipinski definition) is 2. The molecule has 0 atom stereocenters. The van der Waals surface area contributed by atoms with Crippen LogP contribution in [0.1, 0.15) is 26.3 Å². The van der Waals surface area contributed by atoms with Gasteiger partial charge in [-0.3, -0.25) is 9.59 Å². The summed E-state index contributed by atoms with van der Waals surface area (Å²) in [7, 11) is 0. The third-order valence-corrected chi connectivity index (χ3v) is 3.58. The smallest absolute Gasteiger partial charge is 0.242 e. The van der Waals surface area contributed by atoms with Crippen LogP contribution in [0.3, 0.4) is 0 Å². The topological polar surface area (TPSA) is 40.6 Å². The first-order chi connectivity index (χ1) is 9.49. The zero-order valence-corrected chi connectivity index (χ0v) is 13.0. The first-order valence-electron chi connectivity index (χ1n) is 6.76. The van der Waals surface area contributed by atoms with Crippen molar-refractivity contribution in [2.24, 2.45) is 0 Å². The Morgan fingerprint density at radius 2 is 1.70 bits per heavy atom. The van der Waals surface area contributed by atoms with Crippen LogP contribution in [0, 0.1) is 0 Å². The molecular weight excluding hydrogens is 276 g/mol. The molecule has 0 N–H and O–H groups in total. The minimum atomic E-state index is -0.134. The van der Waals surface area contributed by atoms with Crippen molar-refractivity contribution < 1.29 is 9.59 Å². The fraction of sp³-hybridized carbons (Fsp3) is 0.467. The van der Waals surface area contributed by atoms with E-state index in [1.807, 2.05) is 32.0 Å². The zero-order chi connectivity index (χ0) is 15.1.